The van der Waals surface area contributed by atoms with Crippen molar-refractivity contribution >= 4 is 39.6 Å². The molecule has 0 spiro atoms. The third kappa shape index (κ3) is 3.24. The number of nitrogens with one attached hydrogen (secondary N) is 1. The average molecular weight is 326 g/mol. The van der Waals surface area contributed by atoms with E-state index in [-0.39, 0.29) is 11.6 Å². The Morgan fingerprint density at radius 3 is 3.04 bits per heavy atom. The fraction of sp³-hybridized carbons (Fsp3) is 0.125. The summed E-state index contributed by atoms with van der Waals surface area (Å²) < 4.78 is 0. The fourth-order valence-electron chi connectivity index (χ4n) is 2.14. The van der Waals surface area contributed by atoms with E-state index in [1.165, 1.54) is 16.7 Å². The lowest BCUT2D eigenvalue weighted by molar-refractivity contribution is -0.123. The normalized spacial score (nSPS) is 16.1. The summed E-state index contributed by atoms with van der Waals surface area (Å²) in [6, 6.07) is 11.0. The number of pyridine rings is 1. The first-order valence-corrected chi connectivity index (χ1v) is 7.95. The van der Waals surface area contributed by atoms with Gasteiger partial charge >= 0.3 is 0 Å². The highest BCUT2D eigenvalue weighted by molar-refractivity contribution is 8.15. The van der Waals surface area contributed by atoms with Crippen molar-refractivity contribution in [2.24, 2.45) is 5.10 Å². The van der Waals surface area contributed by atoms with Crippen molar-refractivity contribution < 1.29 is 9.59 Å². The van der Waals surface area contributed by atoms with Crippen LogP contribution >= 0.6 is 11.8 Å². The zero-order valence-electron chi connectivity index (χ0n) is 12.2. The molecule has 1 aliphatic rings. The van der Waals surface area contributed by atoms with E-state index >= 15 is 0 Å². The van der Waals surface area contributed by atoms with E-state index in [4.69, 9.17) is 0 Å². The molecule has 1 fully saturated rings. The van der Waals surface area contributed by atoms with Crippen LogP contribution in [0.1, 0.15) is 10.5 Å². The molecule has 1 saturated heterocycles. The number of rotatable bonds is 4. The molecular weight excluding hydrogens is 312 g/mol. The van der Waals surface area contributed by atoms with E-state index in [1.54, 1.807) is 12.1 Å². The molecule has 116 valence electrons. The van der Waals surface area contributed by atoms with E-state index < -0.39 is 5.91 Å². The number of thioether (sulfide) groups is 1. The average Bonchev–Trinajstić information content (AvgIpc) is 2.93. The van der Waals surface area contributed by atoms with Gasteiger partial charge in [0.25, 0.3) is 5.91 Å². The zero-order valence-corrected chi connectivity index (χ0v) is 13.0. The zero-order chi connectivity index (χ0) is 16.2. The number of benzene rings is 1. The fourth-order valence-corrected chi connectivity index (χ4v) is 2.99. The second-order valence-corrected chi connectivity index (χ2v) is 5.75. The van der Waals surface area contributed by atoms with E-state index in [0.29, 0.717) is 17.5 Å². The van der Waals surface area contributed by atoms with Gasteiger partial charge in [0.1, 0.15) is 5.69 Å². The van der Waals surface area contributed by atoms with Crippen LogP contribution in [0.3, 0.4) is 0 Å². The van der Waals surface area contributed by atoms with Gasteiger partial charge in [-0.1, -0.05) is 42.1 Å². The molecule has 0 bridgehead atoms. The molecule has 0 aliphatic carbocycles. The van der Waals surface area contributed by atoms with E-state index in [9.17, 15) is 9.59 Å². The second-order valence-electron chi connectivity index (χ2n) is 4.81. The van der Waals surface area contributed by atoms with Gasteiger partial charge in [-0.3, -0.25) is 14.5 Å². The molecule has 1 N–H and O–H groups in total. The van der Waals surface area contributed by atoms with Gasteiger partial charge < -0.3 is 0 Å². The Balaban J connectivity index is 1.76. The predicted octanol–water partition coefficient (Wildman–Crippen LogP) is 2.00. The Hall–Kier alpha value is -2.67. The van der Waals surface area contributed by atoms with E-state index in [2.05, 4.69) is 22.1 Å². The van der Waals surface area contributed by atoms with Crippen LogP contribution in [-0.4, -0.2) is 39.2 Å². The third-order valence-corrected chi connectivity index (χ3v) is 4.21. The quantitative estimate of drug-likeness (QED) is 0.689. The summed E-state index contributed by atoms with van der Waals surface area (Å²) in [5.41, 5.74) is 3.47. The second kappa shape index (κ2) is 6.62. The number of carbonyl (C=O) groups excluding carboxylic acids is 2. The first-order valence-electron chi connectivity index (χ1n) is 6.97. The van der Waals surface area contributed by atoms with Crippen LogP contribution in [0.15, 0.2) is 54.2 Å². The van der Waals surface area contributed by atoms with Gasteiger partial charge in [-0.25, -0.2) is 10.4 Å². The van der Waals surface area contributed by atoms with Gasteiger partial charge in [-0.2, -0.15) is 0 Å². The minimum absolute atomic E-state index is 0.0493. The van der Waals surface area contributed by atoms with Crippen molar-refractivity contribution in [2.45, 2.75) is 0 Å². The summed E-state index contributed by atoms with van der Waals surface area (Å²) in [6.45, 7) is 3.98. The van der Waals surface area contributed by atoms with Crippen LogP contribution < -0.4 is 5.43 Å². The molecule has 0 unspecified atom stereocenters. The molecule has 3 rings (SSSR count). The molecule has 2 aromatic rings. The molecule has 2 heterocycles. The lowest BCUT2D eigenvalue weighted by Crippen LogP contribution is -2.31. The molecule has 23 heavy (non-hydrogen) atoms. The molecule has 0 saturated carbocycles. The van der Waals surface area contributed by atoms with Crippen LogP contribution in [0, 0.1) is 0 Å². The van der Waals surface area contributed by atoms with Crippen LogP contribution in [-0.2, 0) is 4.79 Å². The number of para-hydroxylation sites is 1. The molecule has 1 aromatic heterocycles. The number of hydrogen-bond donors (Lipinski definition) is 1. The first kappa shape index (κ1) is 15.2. The Bertz CT molecular complexity index is 819. The third-order valence-electron chi connectivity index (χ3n) is 3.25. The number of carbonyl (C=O) groups is 2. The lowest BCUT2D eigenvalue weighted by Gasteiger charge is -2.12. The van der Waals surface area contributed by atoms with Gasteiger partial charge in [0.15, 0.2) is 5.17 Å². The van der Waals surface area contributed by atoms with Crippen molar-refractivity contribution in [2.75, 3.05) is 12.3 Å². The topological polar surface area (TPSA) is 74.7 Å². The van der Waals surface area contributed by atoms with Crippen molar-refractivity contribution in [1.29, 1.82) is 0 Å². The van der Waals surface area contributed by atoms with Gasteiger partial charge in [-0.05, 0) is 12.1 Å². The summed E-state index contributed by atoms with van der Waals surface area (Å²) in [5, 5.41) is 5.45. The minimum atomic E-state index is -0.415. The molecular formula is C16H14N4O2S. The summed E-state index contributed by atoms with van der Waals surface area (Å²) in [4.78, 5) is 29.6. The Labute approximate surface area is 137 Å². The SMILES string of the molecule is C=CCN1C(=O)CS/C1=N\NC(=O)c1ccc2ccccc2n1. The van der Waals surface area contributed by atoms with Crippen LogP contribution in [0.2, 0.25) is 0 Å². The molecule has 1 aliphatic heterocycles. The van der Waals surface area contributed by atoms with Crippen molar-refractivity contribution in [3.05, 3.63) is 54.7 Å². The molecule has 6 nitrogen and oxygen atoms in total. The number of aromatic nitrogens is 1. The van der Waals surface area contributed by atoms with Gasteiger partial charge in [0.05, 0.1) is 11.3 Å². The molecule has 2 amide bonds. The summed E-state index contributed by atoms with van der Waals surface area (Å²) in [6.07, 6.45) is 1.62. The summed E-state index contributed by atoms with van der Waals surface area (Å²) in [5.74, 6) is -0.148. The van der Waals surface area contributed by atoms with E-state index in [1.807, 2.05) is 30.3 Å². The number of amidine groups is 1. The van der Waals surface area contributed by atoms with Crippen molar-refractivity contribution in [3.8, 4) is 0 Å². The number of hydrazone groups is 1. The Morgan fingerprint density at radius 2 is 2.22 bits per heavy atom. The van der Waals surface area contributed by atoms with Crippen LogP contribution in [0.4, 0.5) is 0 Å². The number of fused-ring (bicyclic) bond motifs is 1. The predicted molar refractivity (Wildman–Crippen MR) is 91.0 cm³/mol. The highest BCUT2D eigenvalue weighted by Gasteiger charge is 2.27. The Kier molecular flexibility index (Phi) is 4.38. The smallest absolute Gasteiger partial charge is 0.285 e. The highest BCUT2D eigenvalue weighted by Crippen LogP contribution is 2.18. The van der Waals surface area contributed by atoms with Gasteiger partial charge in [-0.15, -0.1) is 11.7 Å². The lowest BCUT2D eigenvalue weighted by atomic mass is 10.2. The molecule has 0 atom stereocenters. The maximum Gasteiger partial charge on any atom is 0.290 e. The Morgan fingerprint density at radius 1 is 1.39 bits per heavy atom. The maximum atomic E-state index is 12.2. The monoisotopic (exact) mass is 326 g/mol. The van der Waals surface area contributed by atoms with Gasteiger partial charge in [0.2, 0.25) is 5.91 Å². The van der Waals surface area contributed by atoms with Crippen LogP contribution in [0.25, 0.3) is 10.9 Å². The molecule has 7 heteroatoms. The van der Waals surface area contributed by atoms with Crippen molar-refractivity contribution in [3.63, 3.8) is 0 Å². The van der Waals surface area contributed by atoms with Crippen LogP contribution in [0.5, 0.6) is 0 Å². The van der Waals surface area contributed by atoms with Gasteiger partial charge in [0, 0.05) is 11.9 Å². The highest BCUT2D eigenvalue weighted by atomic mass is 32.2. The molecule has 1 aromatic carbocycles. The standard InChI is InChI=1S/C16H14N4O2S/c1-2-9-20-14(21)10-23-16(20)19-18-15(22)13-8-7-11-5-3-4-6-12(11)17-13/h2-8H,1,9-10H2,(H,18,22)/b19-16-. The number of nitrogens with zero attached hydrogens (tertiary/aromatic N) is 3. The largest absolute Gasteiger partial charge is 0.290 e. The summed E-state index contributed by atoms with van der Waals surface area (Å²) in [7, 11) is 0. The minimum Gasteiger partial charge on any atom is -0.285 e. The van der Waals surface area contributed by atoms with Crippen molar-refractivity contribution in [1.82, 2.24) is 15.3 Å². The van der Waals surface area contributed by atoms with E-state index in [0.717, 1.165) is 10.9 Å². The summed E-state index contributed by atoms with van der Waals surface area (Å²) >= 11 is 1.28. The first-order chi connectivity index (χ1) is 11.2. The number of hydrogen-bond acceptors (Lipinski definition) is 5. The number of amides is 2. The maximum absolute atomic E-state index is 12.2. The molecule has 0 radical (unpaired) electrons.